The van der Waals surface area contributed by atoms with Crippen LogP contribution in [-0.2, 0) is 19.3 Å². The molecule has 1 aromatic carbocycles. The molecule has 0 amide bonds. The fourth-order valence-electron chi connectivity index (χ4n) is 3.08. The molecular weight excluding hydrogens is 405 g/mol. The Kier molecular flexibility index (Phi) is 7.40. The molecule has 7 nitrogen and oxygen atoms in total. The maximum atomic E-state index is 12.6. The zero-order valence-electron chi connectivity index (χ0n) is 17.2. The first-order chi connectivity index (χ1) is 14.5. The van der Waals surface area contributed by atoms with Crippen LogP contribution in [0.15, 0.2) is 24.3 Å². The van der Waals surface area contributed by atoms with Gasteiger partial charge < -0.3 is 20.9 Å². The van der Waals surface area contributed by atoms with Crippen molar-refractivity contribution >= 4 is 23.0 Å². The van der Waals surface area contributed by atoms with Gasteiger partial charge in [0.15, 0.2) is 11.5 Å². The van der Waals surface area contributed by atoms with Gasteiger partial charge in [-0.1, -0.05) is 13.3 Å². The molecule has 0 saturated heterocycles. The first-order valence-corrected chi connectivity index (χ1v) is 10.6. The molecule has 0 unspecified atom stereocenters. The summed E-state index contributed by atoms with van der Waals surface area (Å²) in [5.41, 5.74) is 13.5. The summed E-state index contributed by atoms with van der Waals surface area (Å²) in [4.78, 5) is 14.6. The van der Waals surface area contributed by atoms with E-state index in [2.05, 4.69) is 16.9 Å². The molecule has 0 aliphatic heterocycles. The third-order valence-corrected chi connectivity index (χ3v) is 5.60. The number of methoxy groups -OCH3 is 1. The Morgan fingerprint density at radius 3 is 2.43 bits per heavy atom. The van der Waals surface area contributed by atoms with Crippen molar-refractivity contribution < 1.29 is 13.9 Å². The molecule has 0 spiro atoms. The molecule has 0 radical (unpaired) electrons. The van der Waals surface area contributed by atoms with Crippen molar-refractivity contribution in [2.24, 2.45) is 0 Å². The Balaban J connectivity index is 1.86. The van der Waals surface area contributed by atoms with Crippen LogP contribution in [0, 0.1) is 0 Å². The zero-order valence-corrected chi connectivity index (χ0v) is 18.0. The standard InChI is InChI=1S/C21H26FN5O2S/c1-3-4-17-14(6-8-20-26-18(23)12-19(24)27-20)25-21(30-17)13-5-7-15(28-2)16(11-13)29-10-9-22/h5,7,11-12H,3-4,6,8-10H2,1-2H3,(H4,23,24,26,27). The lowest BCUT2D eigenvalue weighted by atomic mass is 10.1. The van der Waals surface area contributed by atoms with Crippen LogP contribution in [0.3, 0.4) is 0 Å². The van der Waals surface area contributed by atoms with E-state index in [1.165, 1.54) is 4.88 Å². The molecule has 0 bridgehead atoms. The summed E-state index contributed by atoms with van der Waals surface area (Å²) in [6.07, 6.45) is 3.25. The van der Waals surface area contributed by atoms with Gasteiger partial charge in [-0.2, -0.15) is 0 Å². The van der Waals surface area contributed by atoms with Gasteiger partial charge in [-0.3, -0.25) is 0 Å². The molecule has 30 heavy (non-hydrogen) atoms. The predicted molar refractivity (Wildman–Crippen MR) is 118 cm³/mol. The average molecular weight is 432 g/mol. The van der Waals surface area contributed by atoms with E-state index in [1.807, 2.05) is 18.2 Å². The summed E-state index contributed by atoms with van der Waals surface area (Å²) in [6, 6.07) is 7.13. The number of nitrogens with zero attached hydrogens (tertiary/aromatic N) is 3. The Morgan fingerprint density at radius 2 is 1.77 bits per heavy atom. The molecule has 9 heteroatoms. The van der Waals surface area contributed by atoms with Crippen LogP contribution in [0.5, 0.6) is 11.5 Å². The Labute approximate surface area is 179 Å². The first-order valence-electron chi connectivity index (χ1n) is 9.78. The molecule has 0 aliphatic rings. The van der Waals surface area contributed by atoms with Crippen LogP contribution >= 0.6 is 11.3 Å². The molecule has 2 aromatic heterocycles. The van der Waals surface area contributed by atoms with Gasteiger partial charge in [-0.15, -0.1) is 11.3 Å². The van der Waals surface area contributed by atoms with Gasteiger partial charge in [0.2, 0.25) is 0 Å². The molecule has 4 N–H and O–H groups in total. The summed E-state index contributed by atoms with van der Waals surface area (Å²) in [5, 5.41) is 0.884. The highest BCUT2D eigenvalue weighted by Gasteiger charge is 2.15. The van der Waals surface area contributed by atoms with Gasteiger partial charge in [0.1, 0.15) is 35.7 Å². The fourth-order valence-corrected chi connectivity index (χ4v) is 4.28. The number of rotatable bonds is 10. The Morgan fingerprint density at radius 1 is 1.00 bits per heavy atom. The SMILES string of the molecule is CCCc1sc(-c2ccc(OC)c(OCCF)c2)nc1CCc1nc(N)cc(N)n1. The molecule has 0 saturated carbocycles. The monoisotopic (exact) mass is 431 g/mol. The van der Waals surface area contributed by atoms with E-state index < -0.39 is 6.67 Å². The number of hydrogen-bond donors (Lipinski definition) is 2. The van der Waals surface area contributed by atoms with Gasteiger partial charge >= 0.3 is 0 Å². The van der Waals surface area contributed by atoms with Crippen molar-refractivity contribution in [3.8, 4) is 22.1 Å². The minimum Gasteiger partial charge on any atom is -0.493 e. The Bertz CT molecular complexity index is 975. The van der Waals surface area contributed by atoms with Crippen molar-refractivity contribution in [1.29, 1.82) is 0 Å². The van der Waals surface area contributed by atoms with Crippen LogP contribution in [0.25, 0.3) is 10.6 Å². The second-order valence-corrected chi connectivity index (χ2v) is 7.76. The predicted octanol–water partition coefficient (Wildman–Crippen LogP) is 3.86. The van der Waals surface area contributed by atoms with Crippen molar-refractivity contribution in [2.75, 3.05) is 31.9 Å². The van der Waals surface area contributed by atoms with E-state index in [0.29, 0.717) is 41.8 Å². The summed E-state index contributed by atoms with van der Waals surface area (Å²) in [5.74, 6) is 2.41. The highest BCUT2D eigenvalue weighted by molar-refractivity contribution is 7.15. The smallest absolute Gasteiger partial charge is 0.161 e. The zero-order chi connectivity index (χ0) is 21.5. The highest BCUT2D eigenvalue weighted by atomic mass is 32.1. The average Bonchev–Trinajstić information content (AvgIpc) is 3.13. The molecule has 0 fully saturated rings. The van der Waals surface area contributed by atoms with E-state index in [0.717, 1.165) is 29.1 Å². The number of benzene rings is 1. The van der Waals surface area contributed by atoms with E-state index in [1.54, 1.807) is 24.5 Å². The maximum absolute atomic E-state index is 12.6. The minimum atomic E-state index is -0.563. The van der Waals surface area contributed by atoms with Crippen LogP contribution in [0.1, 0.15) is 29.7 Å². The van der Waals surface area contributed by atoms with Crippen LogP contribution in [0.2, 0.25) is 0 Å². The molecular formula is C21H26FN5O2S. The third-order valence-electron chi connectivity index (χ3n) is 4.40. The molecule has 0 atom stereocenters. The van der Waals surface area contributed by atoms with Crippen molar-refractivity contribution in [3.63, 3.8) is 0 Å². The molecule has 3 aromatic rings. The fraction of sp³-hybridized carbons (Fsp3) is 0.381. The number of thiazole rings is 1. The number of aryl methyl sites for hydroxylation is 3. The molecule has 160 valence electrons. The van der Waals surface area contributed by atoms with Gasteiger partial charge in [-0.05, 0) is 31.0 Å². The summed E-state index contributed by atoms with van der Waals surface area (Å²) in [6.45, 7) is 1.56. The van der Waals surface area contributed by atoms with Crippen molar-refractivity contribution in [2.45, 2.75) is 32.6 Å². The van der Waals surface area contributed by atoms with E-state index in [4.69, 9.17) is 25.9 Å². The number of alkyl halides is 1. The largest absolute Gasteiger partial charge is 0.493 e. The summed E-state index contributed by atoms with van der Waals surface area (Å²) in [7, 11) is 1.56. The lowest BCUT2D eigenvalue weighted by molar-refractivity contribution is 0.260. The number of anilines is 2. The second-order valence-electron chi connectivity index (χ2n) is 6.68. The summed E-state index contributed by atoms with van der Waals surface area (Å²) >= 11 is 1.65. The number of nitrogen functional groups attached to an aromatic ring is 2. The quantitative estimate of drug-likeness (QED) is 0.502. The number of ether oxygens (including phenoxy) is 2. The van der Waals surface area contributed by atoms with E-state index in [-0.39, 0.29) is 6.61 Å². The van der Waals surface area contributed by atoms with Gasteiger partial charge in [0.05, 0.1) is 12.8 Å². The van der Waals surface area contributed by atoms with Gasteiger partial charge in [0, 0.05) is 22.9 Å². The molecule has 0 aliphatic carbocycles. The third kappa shape index (κ3) is 5.35. The van der Waals surface area contributed by atoms with Crippen LogP contribution < -0.4 is 20.9 Å². The van der Waals surface area contributed by atoms with Crippen molar-refractivity contribution in [3.05, 3.63) is 40.7 Å². The lowest BCUT2D eigenvalue weighted by Gasteiger charge is -2.10. The summed E-state index contributed by atoms with van der Waals surface area (Å²) < 4.78 is 23.3. The Hall–Kier alpha value is -2.94. The highest BCUT2D eigenvalue weighted by Crippen LogP contribution is 2.36. The van der Waals surface area contributed by atoms with E-state index >= 15 is 0 Å². The maximum Gasteiger partial charge on any atom is 0.161 e. The topological polar surface area (TPSA) is 109 Å². The van der Waals surface area contributed by atoms with Gasteiger partial charge in [-0.25, -0.2) is 19.3 Å². The van der Waals surface area contributed by atoms with E-state index in [9.17, 15) is 4.39 Å². The molecule has 3 rings (SSSR count). The lowest BCUT2D eigenvalue weighted by Crippen LogP contribution is -2.05. The first kappa shape index (κ1) is 21.8. The normalized spacial score (nSPS) is 10.9. The van der Waals surface area contributed by atoms with Crippen LogP contribution in [0.4, 0.5) is 16.0 Å². The van der Waals surface area contributed by atoms with Crippen LogP contribution in [-0.4, -0.2) is 35.3 Å². The number of nitrogens with two attached hydrogens (primary N) is 2. The van der Waals surface area contributed by atoms with Gasteiger partial charge in [0.25, 0.3) is 0 Å². The second kappa shape index (κ2) is 10.2. The van der Waals surface area contributed by atoms with Crippen molar-refractivity contribution in [1.82, 2.24) is 15.0 Å². The molecule has 2 heterocycles. The number of hydrogen-bond acceptors (Lipinski definition) is 8. The minimum absolute atomic E-state index is 0.0205. The number of halogens is 1. The number of aromatic nitrogens is 3.